The molecule has 1 nitrogen and oxygen atoms in total. The van der Waals surface area contributed by atoms with Gasteiger partial charge in [0.25, 0.3) is 0 Å². The predicted molar refractivity (Wildman–Crippen MR) is 241 cm³/mol. The molecule has 2 aromatic heterocycles. The van der Waals surface area contributed by atoms with E-state index in [9.17, 15) is 0 Å². The molecule has 0 aliphatic carbocycles. The summed E-state index contributed by atoms with van der Waals surface area (Å²) in [6.45, 7) is 0. The number of benzene rings is 9. The van der Waals surface area contributed by atoms with Crippen molar-refractivity contribution in [3.63, 3.8) is 0 Å². The molecular formula is C52H33NS2. The van der Waals surface area contributed by atoms with Crippen molar-refractivity contribution in [2.75, 3.05) is 4.90 Å². The van der Waals surface area contributed by atoms with E-state index in [1.165, 1.54) is 90.2 Å². The maximum absolute atomic E-state index is 2.45. The van der Waals surface area contributed by atoms with Gasteiger partial charge in [0.1, 0.15) is 0 Å². The molecule has 11 rings (SSSR count). The van der Waals surface area contributed by atoms with Crippen LogP contribution in [0, 0.1) is 0 Å². The average Bonchev–Trinajstić information content (AvgIpc) is 3.83. The van der Waals surface area contributed by atoms with Crippen molar-refractivity contribution in [1.82, 2.24) is 0 Å². The lowest BCUT2D eigenvalue weighted by Gasteiger charge is -2.26. The molecule has 0 saturated heterocycles. The Labute approximate surface area is 327 Å². The average molecular weight is 736 g/mol. The van der Waals surface area contributed by atoms with E-state index in [2.05, 4.69) is 205 Å². The van der Waals surface area contributed by atoms with Crippen molar-refractivity contribution in [1.29, 1.82) is 0 Å². The number of thiophene rings is 2. The van der Waals surface area contributed by atoms with E-state index in [-0.39, 0.29) is 0 Å². The number of hydrogen-bond acceptors (Lipinski definition) is 3. The summed E-state index contributed by atoms with van der Waals surface area (Å²) in [6.07, 6.45) is 0. The summed E-state index contributed by atoms with van der Waals surface area (Å²) in [5.74, 6) is 0. The Balaban J connectivity index is 1.07. The molecule has 0 atom stereocenters. The van der Waals surface area contributed by atoms with Gasteiger partial charge in [-0.25, -0.2) is 0 Å². The minimum Gasteiger partial charge on any atom is -0.309 e. The first kappa shape index (κ1) is 32.0. The zero-order valence-corrected chi connectivity index (χ0v) is 31.4. The molecule has 2 heterocycles. The number of rotatable bonds is 6. The minimum atomic E-state index is 1.13. The lowest BCUT2D eigenvalue weighted by Crippen LogP contribution is -2.10. The zero-order valence-electron chi connectivity index (χ0n) is 29.8. The van der Waals surface area contributed by atoms with Gasteiger partial charge in [-0.05, 0) is 92.7 Å². The van der Waals surface area contributed by atoms with Gasteiger partial charge in [-0.2, -0.15) is 0 Å². The van der Waals surface area contributed by atoms with Crippen LogP contribution in [-0.4, -0.2) is 0 Å². The van der Waals surface area contributed by atoms with E-state index in [0.29, 0.717) is 0 Å². The molecule has 0 aliphatic heterocycles. The Bertz CT molecular complexity index is 3190. The molecule has 0 fully saturated rings. The maximum Gasteiger partial charge on any atom is 0.0640 e. The molecule has 55 heavy (non-hydrogen) atoms. The summed E-state index contributed by atoms with van der Waals surface area (Å²) in [6, 6.07) is 73.4. The summed E-state index contributed by atoms with van der Waals surface area (Å²) in [4.78, 5) is 2.45. The van der Waals surface area contributed by atoms with Gasteiger partial charge in [0.05, 0.1) is 10.4 Å². The van der Waals surface area contributed by atoms with Crippen LogP contribution in [0.15, 0.2) is 200 Å². The van der Waals surface area contributed by atoms with Gasteiger partial charge < -0.3 is 4.90 Å². The van der Waals surface area contributed by atoms with Crippen LogP contribution in [0.4, 0.5) is 17.1 Å². The van der Waals surface area contributed by atoms with Gasteiger partial charge in [-0.3, -0.25) is 0 Å². The van der Waals surface area contributed by atoms with Crippen LogP contribution < -0.4 is 4.90 Å². The molecule has 0 saturated carbocycles. The molecule has 0 N–H and O–H groups in total. The topological polar surface area (TPSA) is 3.24 Å². The normalized spacial score (nSPS) is 11.6. The highest BCUT2D eigenvalue weighted by Crippen LogP contribution is 2.48. The number of fused-ring (bicyclic) bond motifs is 7. The fraction of sp³-hybridized carbons (Fsp3) is 0. The van der Waals surface area contributed by atoms with E-state index in [0.717, 1.165) is 11.4 Å². The third kappa shape index (κ3) is 5.51. The first-order chi connectivity index (χ1) is 27.2. The molecule has 0 unspecified atom stereocenters. The van der Waals surface area contributed by atoms with Crippen molar-refractivity contribution in [3.8, 4) is 33.4 Å². The van der Waals surface area contributed by atoms with Crippen LogP contribution in [0.3, 0.4) is 0 Å². The quantitative estimate of drug-likeness (QED) is 0.164. The molecule has 0 spiro atoms. The van der Waals surface area contributed by atoms with Gasteiger partial charge in [0, 0.05) is 47.0 Å². The molecule has 0 amide bonds. The Kier molecular flexibility index (Phi) is 7.61. The fourth-order valence-electron chi connectivity index (χ4n) is 8.14. The zero-order chi connectivity index (χ0) is 36.3. The molecule has 258 valence electrons. The Hall–Kier alpha value is -6.52. The van der Waals surface area contributed by atoms with Gasteiger partial charge >= 0.3 is 0 Å². The van der Waals surface area contributed by atoms with Gasteiger partial charge in [0.15, 0.2) is 0 Å². The van der Waals surface area contributed by atoms with Crippen molar-refractivity contribution in [2.45, 2.75) is 0 Å². The third-order valence-electron chi connectivity index (χ3n) is 10.9. The fourth-order valence-corrected chi connectivity index (χ4v) is 10.6. The van der Waals surface area contributed by atoms with E-state index in [4.69, 9.17) is 0 Å². The molecule has 0 bridgehead atoms. The largest absolute Gasteiger partial charge is 0.309 e. The molecule has 9 aromatic carbocycles. The van der Waals surface area contributed by atoms with Crippen molar-refractivity contribution < 1.29 is 0 Å². The van der Waals surface area contributed by atoms with Crippen LogP contribution in [0.5, 0.6) is 0 Å². The van der Waals surface area contributed by atoms with E-state index in [1.54, 1.807) is 0 Å². The second-order valence-corrected chi connectivity index (χ2v) is 16.2. The summed E-state index contributed by atoms with van der Waals surface area (Å²) in [7, 11) is 0. The smallest absolute Gasteiger partial charge is 0.0640 e. The lowest BCUT2D eigenvalue weighted by molar-refractivity contribution is 1.31. The highest BCUT2D eigenvalue weighted by molar-refractivity contribution is 7.27. The Morgan fingerprint density at radius 2 is 0.891 bits per heavy atom. The van der Waals surface area contributed by atoms with E-state index >= 15 is 0 Å². The van der Waals surface area contributed by atoms with Gasteiger partial charge in [0.2, 0.25) is 0 Å². The van der Waals surface area contributed by atoms with Crippen LogP contribution >= 0.6 is 22.7 Å². The molecule has 0 aliphatic rings. The number of hydrogen-bond donors (Lipinski definition) is 0. The summed E-state index contributed by atoms with van der Waals surface area (Å²) in [5, 5.41) is 7.67. The predicted octanol–water partition coefficient (Wildman–Crippen LogP) is 16.0. The van der Waals surface area contributed by atoms with Gasteiger partial charge in [-0.1, -0.05) is 152 Å². The highest BCUT2D eigenvalue weighted by atomic mass is 32.1. The number of anilines is 3. The summed E-state index contributed by atoms with van der Waals surface area (Å²) >= 11 is 3.76. The van der Waals surface area contributed by atoms with Crippen molar-refractivity contribution >= 4 is 90.9 Å². The second-order valence-electron chi connectivity index (χ2n) is 14.1. The minimum absolute atomic E-state index is 1.13. The van der Waals surface area contributed by atoms with Crippen LogP contribution in [0.1, 0.15) is 0 Å². The van der Waals surface area contributed by atoms with Crippen molar-refractivity contribution in [3.05, 3.63) is 200 Å². The standard InChI is InChI=1S/C52H33NS2/c1-3-11-34(12-4-1)37-21-22-39-32-42(29-25-38(39)31-37)53(41-27-23-35(24-28-41)40-26-30-45-44-15-7-8-20-49(44)54-50(45)33-40)48-19-10-18-47-46-17-9-16-43(51(46)55-52(47)48)36-13-5-2-6-14-36/h1-33H. The van der Waals surface area contributed by atoms with Gasteiger partial charge in [-0.15, -0.1) is 22.7 Å². The molecule has 0 radical (unpaired) electrons. The van der Waals surface area contributed by atoms with E-state index < -0.39 is 0 Å². The Morgan fingerprint density at radius 1 is 0.309 bits per heavy atom. The van der Waals surface area contributed by atoms with Crippen molar-refractivity contribution in [2.24, 2.45) is 0 Å². The molecule has 3 heteroatoms. The summed E-state index contributed by atoms with van der Waals surface area (Å²) in [5.41, 5.74) is 10.9. The molecular weight excluding hydrogens is 703 g/mol. The van der Waals surface area contributed by atoms with Crippen LogP contribution in [-0.2, 0) is 0 Å². The number of nitrogens with zero attached hydrogens (tertiary/aromatic N) is 1. The third-order valence-corrected chi connectivity index (χ3v) is 13.3. The summed E-state index contributed by atoms with van der Waals surface area (Å²) < 4.78 is 5.25. The van der Waals surface area contributed by atoms with Crippen LogP contribution in [0.2, 0.25) is 0 Å². The highest BCUT2D eigenvalue weighted by Gasteiger charge is 2.20. The first-order valence-corrected chi connectivity index (χ1v) is 20.3. The Morgan fingerprint density at radius 3 is 1.73 bits per heavy atom. The SMILES string of the molecule is c1ccc(-c2ccc3cc(N(c4ccc(-c5ccc6c(c5)sc5ccccc56)cc4)c4cccc5c4sc4c(-c6ccccc6)cccc45)ccc3c2)cc1. The van der Waals surface area contributed by atoms with E-state index in [1.807, 2.05) is 22.7 Å². The first-order valence-electron chi connectivity index (χ1n) is 18.7. The second kappa shape index (κ2) is 13.1. The lowest BCUT2D eigenvalue weighted by atomic mass is 10.00. The van der Waals surface area contributed by atoms with Crippen LogP contribution in [0.25, 0.3) is 84.5 Å². The monoisotopic (exact) mass is 735 g/mol. The maximum atomic E-state index is 2.45. The molecule has 11 aromatic rings.